The van der Waals surface area contributed by atoms with E-state index in [1.165, 1.54) is 42.9 Å². The van der Waals surface area contributed by atoms with E-state index in [0.717, 1.165) is 5.92 Å². The summed E-state index contributed by atoms with van der Waals surface area (Å²) < 4.78 is 0. The van der Waals surface area contributed by atoms with Crippen LogP contribution in [0, 0.1) is 19.8 Å². The zero-order valence-electron chi connectivity index (χ0n) is 14.0. The quantitative estimate of drug-likeness (QED) is 0.748. The topological polar surface area (TPSA) is 16.1 Å². The predicted molar refractivity (Wildman–Crippen MR) is 87.0 cm³/mol. The van der Waals surface area contributed by atoms with Crippen molar-refractivity contribution < 1.29 is 0 Å². The summed E-state index contributed by atoms with van der Waals surface area (Å²) in [6.45, 7) is 17.0. The average molecular weight is 264 g/mol. The lowest BCUT2D eigenvalue weighted by Crippen LogP contribution is -2.21. The molecule has 1 aliphatic heterocycles. The molecule has 0 spiro atoms. The molecule has 1 unspecified atom stereocenters. The van der Waals surface area contributed by atoms with Crippen molar-refractivity contribution in [2.24, 2.45) is 5.92 Å². The molecule has 0 N–H and O–H groups in total. The first-order valence-electron chi connectivity index (χ1n) is 7.89. The molecule has 0 aromatic carbocycles. The standard InChI is InChI=1S/C13H20N2.2C2H6/c1-4-12-6-8-15(9-12)13-11(3)10(2)5-7-14-13;2*1-2/h5,7,12H,4,6,8-9H2,1-3H3;2*1-2H3. The molecule has 0 aliphatic carbocycles. The Kier molecular flexibility index (Phi) is 9.28. The molecule has 0 saturated carbocycles. The summed E-state index contributed by atoms with van der Waals surface area (Å²) in [7, 11) is 0. The molecular formula is C17H32N2. The van der Waals surface area contributed by atoms with Crippen LogP contribution in [0.2, 0.25) is 0 Å². The molecule has 1 aliphatic rings. The van der Waals surface area contributed by atoms with Crippen LogP contribution in [0.1, 0.15) is 58.6 Å². The van der Waals surface area contributed by atoms with Crippen molar-refractivity contribution in [2.75, 3.05) is 18.0 Å². The lowest BCUT2D eigenvalue weighted by molar-refractivity contribution is 0.568. The van der Waals surface area contributed by atoms with Crippen LogP contribution in [0.25, 0.3) is 0 Å². The van der Waals surface area contributed by atoms with Crippen molar-refractivity contribution >= 4 is 5.82 Å². The van der Waals surface area contributed by atoms with Crippen molar-refractivity contribution in [2.45, 2.75) is 61.3 Å². The van der Waals surface area contributed by atoms with E-state index in [1.54, 1.807) is 0 Å². The van der Waals surface area contributed by atoms with E-state index in [1.807, 2.05) is 33.9 Å². The van der Waals surface area contributed by atoms with Gasteiger partial charge in [0.05, 0.1) is 0 Å². The SMILES string of the molecule is CC.CC.CCC1CCN(c2nccc(C)c2C)C1. The van der Waals surface area contributed by atoms with Crippen molar-refractivity contribution in [3.8, 4) is 0 Å². The zero-order valence-corrected chi connectivity index (χ0v) is 14.0. The number of aromatic nitrogens is 1. The van der Waals surface area contributed by atoms with Gasteiger partial charge in [-0.3, -0.25) is 0 Å². The lowest BCUT2D eigenvalue weighted by Gasteiger charge is -2.20. The van der Waals surface area contributed by atoms with Gasteiger partial charge in [0.15, 0.2) is 0 Å². The Morgan fingerprint density at radius 3 is 2.37 bits per heavy atom. The number of aryl methyl sites for hydroxylation is 1. The van der Waals surface area contributed by atoms with Gasteiger partial charge in [-0.05, 0) is 43.4 Å². The van der Waals surface area contributed by atoms with Crippen LogP contribution in [-0.4, -0.2) is 18.1 Å². The van der Waals surface area contributed by atoms with Gasteiger partial charge < -0.3 is 4.90 Å². The number of rotatable bonds is 2. The summed E-state index contributed by atoms with van der Waals surface area (Å²) in [5.41, 5.74) is 2.69. The second-order valence-corrected chi connectivity index (χ2v) is 4.59. The van der Waals surface area contributed by atoms with Crippen LogP contribution >= 0.6 is 0 Å². The highest BCUT2D eigenvalue weighted by atomic mass is 15.2. The van der Waals surface area contributed by atoms with Gasteiger partial charge in [-0.1, -0.05) is 41.0 Å². The smallest absolute Gasteiger partial charge is 0.131 e. The number of hydrogen-bond acceptors (Lipinski definition) is 2. The maximum atomic E-state index is 4.52. The second-order valence-electron chi connectivity index (χ2n) is 4.59. The predicted octanol–water partition coefficient (Wildman–Crippen LogP) is 4.99. The minimum atomic E-state index is 0.867. The van der Waals surface area contributed by atoms with E-state index in [-0.39, 0.29) is 0 Å². The van der Waals surface area contributed by atoms with Crippen LogP contribution < -0.4 is 4.90 Å². The molecule has 2 heteroatoms. The summed E-state index contributed by atoms with van der Waals surface area (Å²) in [4.78, 5) is 6.96. The van der Waals surface area contributed by atoms with Crippen LogP contribution in [0.3, 0.4) is 0 Å². The zero-order chi connectivity index (χ0) is 14.8. The molecule has 1 aromatic rings. The number of nitrogens with zero attached hydrogens (tertiary/aromatic N) is 2. The highest BCUT2D eigenvalue weighted by molar-refractivity contribution is 5.50. The first-order chi connectivity index (χ1) is 9.22. The minimum absolute atomic E-state index is 0.867. The normalized spacial score (nSPS) is 17.2. The fourth-order valence-corrected chi connectivity index (χ4v) is 2.29. The van der Waals surface area contributed by atoms with Crippen molar-refractivity contribution in [1.82, 2.24) is 4.98 Å². The highest BCUT2D eigenvalue weighted by Crippen LogP contribution is 2.27. The molecule has 0 bridgehead atoms. The van der Waals surface area contributed by atoms with E-state index in [4.69, 9.17) is 0 Å². The summed E-state index contributed by atoms with van der Waals surface area (Å²) >= 11 is 0. The van der Waals surface area contributed by atoms with Gasteiger partial charge in [-0.2, -0.15) is 0 Å². The fourth-order valence-electron chi connectivity index (χ4n) is 2.29. The molecule has 1 saturated heterocycles. The third kappa shape index (κ3) is 4.85. The third-order valence-corrected chi connectivity index (χ3v) is 3.61. The van der Waals surface area contributed by atoms with Crippen LogP contribution in [-0.2, 0) is 0 Å². The average Bonchev–Trinajstić information content (AvgIpc) is 2.95. The summed E-state index contributed by atoms with van der Waals surface area (Å²) in [5, 5.41) is 0. The van der Waals surface area contributed by atoms with E-state index < -0.39 is 0 Å². The molecule has 2 rings (SSSR count). The maximum absolute atomic E-state index is 4.52. The summed E-state index contributed by atoms with van der Waals surface area (Å²) in [5.74, 6) is 2.07. The molecule has 110 valence electrons. The Labute approximate surface area is 120 Å². The highest BCUT2D eigenvalue weighted by Gasteiger charge is 2.23. The van der Waals surface area contributed by atoms with Gasteiger partial charge in [-0.15, -0.1) is 0 Å². The molecule has 1 atom stereocenters. The Morgan fingerprint density at radius 1 is 1.21 bits per heavy atom. The van der Waals surface area contributed by atoms with Crippen LogP contribution in [0.15, 0.2) is 12.3 Å². The van der Waals surface area contributed by atoms with E-state index >= 15 is 0 Å². The Balaban J connectivity index is 0.000000741. The van der Waals surface area contributed by atoms with Gasteiger partial charge in [0.1, 0.15) is 5.82 Å². The van der Waals surface area contributed by atoms with Crippen molar-refractivity contribution in [3.63, 3.8) is 0 Å². The Morgan fingerprint density at radius 2 is 1.84 bits per heavy atom. The molecule has 0 amide bonds. The number of pyridine rings is 1. The van der Waals surface area contributed by atoms with Gasteiger partial charge in [0.25, 0.3) is 0 Å². The molecule has 0 radical (unpaired) electrons. The van der Waals surface area contributed by atoms with Gasteiger partial charge >= 0.3 is 0 Å². The van der Waals surface area contributed by atoms with Crippen LogP contribution in [0.5, 0.6) is 0 Å². The first-order valence-corrected chi connectivity index (χ1v) is 7.89. The second kappa shape index (κ2) is 9.82. The maximum Gasteiger partial charge on any atom is 0.131 e. The molecule has 2 nitrogen and oxygen atoms in total. The molecule has 1 fully saturated rings. The molecule has 19 heavy (non-hydrogen) atoms. The summed E-state index contributed by atoms with van der Waals surface area (Å²) in [6, 6.07) is 2.09. The van der Waals surface area contributed by atoms with Crippen LogP contribution in [0.4, 0.5) is 5.82 Å². The Bertz CT molecular complexity index is 347. The summed E-state index contributed by atoms with van der Waals surface area (Å²) in [6.07, 6.45) is 4.55. The molecule has 1 aromatic heterocycles. The van der Waals surface area contributed by atoms with Crippen molar-refractivity contribution in [3.05, 3.63) is 23.4 Å². The fraction of sp³-hybridized carbons (Fsp3) is 0.706. The van der Waals surface area contributed by atoms with E-state index in [9.17, 15) is 0 Å². The van der Waals surface area contributed by atoms with Gasteiger partial charge in [-0.25, -0.2) is 4.98 Å². The molecular weight excluding hydrogens is 232 g/mol. The first kappa shape index (κ1) is 17.9. The Hall–Kier alpha value is -1.05. The third-order valence-electron chi connectivity index (χ3n) is 3.61. The largest absolute Gasteiger partial charge is 0.356 e. The minimum Gasteiger partial charge on any atom is -0.356 e. The number of anilines is 1. The molecule has 2 heterocycles. The van der Waals surface area contributed by atoms with E-state index in [0.29, 0.717) is 0 Å². The number of hydrogen-bond donors (Lipinski definition) is 0. The van der Waals surface area contributed by atoms with Gasteiger partial charge in [0, 0.05) is 19.3 Å². The van der Waals surface area contributed by atoms with E-state index in [2.05, 4.69) is 36.7 Å². The van der Waals surface area contributed by atoms with Crippen molar-refractivity contribution in [1.29, 1.82) is 0 Å². The lowest BCUT2D eigenvalue weighted by atomic mass is 10.1. The van der Waals surface area contributed by atoms with Gasteiger partial charge in [0.2, 0.25) is 0 Å². The monoisotopic (exact) mass is 264 g/mol.